The van der Waals surface area contributed by atoms with E-state index < -0.39 is 0 Å². The lowest BCUT2D eigenvalue weighted by molar-refractivity contribution is 0.206. The predicted octanol–water partition coefficient (Wildman–Crippen LogP) is 4.47. The van der Waals surface area contributed by atoms with Crippen LogP contribution in [0.4, 0.5) is 10.5 Å². The van der Waals surface area contributed by atoms with Gasteiger partial charge in [-0.2, -0.15) is 0 Å². The van der Waals surface area contributed by atoms with Gasteiger partial charge < -0.3 is 14.6 Å². The topological polar surface area (TPSA) is 49.6 Å². The highest BCUT2D eigenvalue weighted by Gasteiger charge is 2.42. The first-order valence-electron chi connectivity index (χ1n) is 9.32. The van der Waals surface area contributed by atoms with E-state index >= 15 is 0 Å². The highest BCUT2D eigenvalue weighted by atomic mass is 16.2. The minimum atomic E-state index is 0.0452. The van der Waals surface area contributed by atoms with Gasteiger partial charge >= 0.3 is 6.03 Å². The van der Waals surface area contributed by atoms with Gasteiger partial charge in [0.25, 0.3) is 0 Å². The zero-order valence-corrected chi connectivity index (χ0v) is 14.9. The van der Waals surface area contributed by atoms with Crippen molar-refractivity contribution in [3.8, 4) is 11.1 Å². The number of rotatable bonds is 2. The van der Waals surface area contributed by atoms with Gasteiger partial charge in [0.1, 0.15) is 5.65 Å². The van der Waals surface area contributed by atoms with Crippen LogP contribution in [0.25, 0.3) is 16.8 Å². The zero-order valence-electron chi connectivity index (χ0n) is 14.9. The van der Waals surface area contributed by atoms with Crippen molar-refractivity contribution in [3.05, 3.63) is 54.5 Å². The molecule has 2 aromatic heterocycles. The summed E-state index contributed by atoms with van der Waals surface area (Å²) in [6.45, 7) is 2.08. The number of aryl methyl sites for hydroxylation is 1. The lowest BCUT2D eigenvalue weighted by Crippen LogP contribution is -2.38. The molecule has 4 heterocycles. The van der Waals surface area contributed by atoms with Gasteiger partial charge in [-0.15, -0.1) is 0 Å². The van der Waals surface area contributed by atoms with Crippen molar-refractivity contribution in [3.63, 3.8) is 0 Å². The van der Waals surface area contributed by atoms with E-state index in [0.29, 0.717) is 12.1 Å². The van der Waals surface area contributed by atoms with Gasteiger partial charge in [-0.3, -0.25) is 0 Å². The number of anilines is 1. The minimum Gasteiger partial charge on any atom is -0.319 e. The molecule has 0 atom stereocenters. The van der Waals surface area contributed by atoms with Gasteiger partial charge in [-0.1, -0.05) is 6.07 Å². The summed E-state index contributed by atoms with van der Waals surface area (Å²) in [7, 11) is 0. The molecule has 2 fully saturated rings. The Bertz CT molecular complexity index is 973. The first kappa shape index (κ1) is 15.4. The molecule has 5 rings (SSSR count). The molecule has 2 aliphatic rings. The van der Waals surface area contributed by atoms with Crippen LogP contribution in [0.3, 0.4) is 0 Å². The molecule has 2 saturated heterocycles. The second-order valence-electron chi connectivity index (χ2n) is 7.45. The van der Waals surface area contributed by atoms with Crippen LogP contribution in [0, 0.1) is 6.92 Å². The van der Waals surface area contributed by atoms with Gasteiger partial charge in [-0.05, 0) is 68.0 Å². The molecular formula is C21H22N4O. The molecule has 3 aromatic rings. The maximum Gasteiger partial charge on any atom is 0.322 e. The molecule has 1 aromatic carbocycles. The van der Waals surface area contributed by atoms with E-state index in [4.69, 9.17) is 0 Å². The first-order valence-corrected chi connectivity index (χ1v) is 9.32. The van der Waals surface area contributed by atoms with E-state index in [2.05, 4.69) is 40.5 Å². The Hall–Kier alpha value is -2.82. The quantitative estimate of drug-likeness (QED) is 0.744. The van der Waals surface area contributed by atoms with E-state index in [1.807, 2.05) is 35.0 Å². The maximum absolute atomic E-state index is 12.7. The fourth-order valence-electron chi connectivity index (χ4n) is 4.50. The van der Waals surface area contributed by atoms with Crippen LogP contribution in [-0.2, 0) is 0 Å². The van der Waals surface area contributed by atoms with Crippen LogP contribution in [0.2, 0.25) is 0 Å². The fourth-order valence-corrected chi connectivity index (χ4v) is 4.50. The van der Waals surface area contributed by atoms with E-state index in [9.17, 15) is 4.79 Å². The van der Waals surface area contributed by atoms with Crippen molar-refractivity contribution in [2.45, 2.75) is 44.7 Å². The molecule has 0 spiro atoms. The molecule has 2 amide bonds. The summed E-state index contributed by atoms with van der Waals surface area (Å²) >= 11 is 0. The summed E-state index contributed by atoms with van der Waals surface area (Å²) in [5.41, 5.74) is 5.08. The van der Waals surface area contributed by atoms with Crippen LogP contribution in [0.5, 0.6) is 0 Å². The number of nitrogens with one attached hydrogen (secondary N) is 1. The van der Waals surface area contributed by atoms with E-state index in [-0.39, 0.29) is 6.03 Å². The molecule has 0 saturated carbocycles. The average molecular weight is 346 g/mol. The molecule has 0 aliphatic carbocycles. The third kappa shape index (κ3) is 2.46. The van der Waals surface area contributed by atoms with Crippen molar-refractivity contribution in [1.29, 1.82) is 0 Å². The van der Waals surface area contributed by atoms with Crippen molar-refractivity contribution in [2.24, 2.45) is 0 Å². The highest BCUT2D eigenvalue weighted by molar-refractivity contribution is 5.91. The average Bonchev–Trinajstić information content (AvgIpc) is 3.38. The number of carbonyl (C=O) groups is 1. The summed E-state index contributed by atoms with van der Waals surface area (Å²) in [6, 6.07) is 11.0. The molecular weight excluding hydrogens is 324 g/mol. The number of fused-ring (bicyclic) bond motifs is 3. The molecule has 132 valence electrons. The Morgan fingerprint density at radius 2 is 1.92 bits per heavy atom. The summed E-state index contributed by atoms with van der Waals surface area (Å²) in [5.74, 6) is 0. The maximum atomic E-state index is 12.7. The number of amides is 2. The Labute approximate surface area is 152 Å². The second-order valence-corrected chi connectivity index (χ2v) is 7.45. The van der Waals surface area contributed by atoms with Gasteiger partial charge in [0.2, 0.25) is 0 Å². The number of hydrogen-bond acceptors (Lipinski definition) is 2. The Balaban J connectivity index is 1.44. The minimum absolute atomic E-state index is 0.0452. The molecule has 5 nitrogen and oxygen atoms in total. The number of urea groups is 1. The van der Waals surface area contributed by atoms with Crippen LogP contribution >= 0.6 is 0 Å². The zero-order chi connectivity index (χ0) is 17.7. The number of benzene rings is 1. The lowest BCUT2D eigenvalue weighted by atomic mass is 10.0. The first-order chi connectivity index (χ1) is 12.7. The largest absolute Gasteiger partial charge is 0.322 e. The third-order valence-electron chi connectivity index (χ3n) is 5.86. The van der Waals surface area contributed by atoms with Gasteiger partial charge in [0, 0.05) is 41.9 Å². The van der Waals surface area contributed by atoms with Gasteiger partial charge in [0.15, 0.2) is 0 Å². The van der Waals surface area contributed by atoms with E-state index in [1.165, 1.54) is 0 Å². The Morgan fingerprint density at radius 1 is 1.15 bits per heavy atom. The normalized spacial score (nSPS) is 21.5. The van der Waals surface area contributed by atoms with Crippen molar-refractivity contribution in [1.82, 2.24) is 14.3 Å². The molecule has 1 N–H and O–H groups in total. The van der Waals surface area contributed by atoms with Crippen molar-refractivity contribution >= 4 is 17.4 Å². The third-order valence-corrected chi connectivity index (χ3v) is 5.86. The summed E-state index contributed by atoms with van der Waals surface area (Å²) < 4.78 is 2.02. The Kier molecular flexibility index (Phi) is 3.48. The molecule has 2 bridgehead atoms. The van der Waals surface area contributed by atoms with Crippen molar-refractivity contribution < 1.29 is 4.79 Å². The number of hydrogen-bond donors (Lipinski definition) is 1. The molecule has 5 heteroatoms. The summed E-state index contributed by atoms with van der Waals surface area (Å²) in [4.78, 5) is 19.3. The van der Waals surface area contributed by atoms with E-state index in [1.54, 1.807) is 0 Å². The monoisotopic (exact) mass is 346 g/mol. The molecule has 2 aliphatic heterocycles. The van der Waals surface area contributed by atoms with Crippen LogP contribution in [0.1, 0.15) is 31.2 Å². The molecule has 0 radical (unpaired) electrons. The van der Waals surface area contributed by atoms with Crippen LogP contribution in [-0.4, -0.2) is 32.4 Å². The predicted molar refractivity (Wildman–Crippen MR) is 102 cm³/mol. The summed E-state index contributed by atoms with van der Waals surface area (Å²) in [5, 5.41) is 3.11. The van der Waals surface area contributed by atoms with Crippen LogP contribution in [0.15, 0.2) is 48.9 Å². The molecule has 0 unspecified atom stereocenters. The number of nitrogens with zero attached hydrogens (tertiary/aromatic N) is 3. The molecule has 26 heavy (non-hydrogen) atoms. The standard InChI is InChI=1S/C21H22N4O/c1-14-4-5-16(23-21(26)25-17-6-7-18(25)9-8-17)11-19(14)15-12-22-20-3-2-10-24(20)13-15/h2-5,10-13,17-18H,6-9H2,1H3,(H,23,26). The van der Waals surface area contributed by atoms with E-state index in [0.717, 1.165) is 53.7 Å². The van der Waals surface area contributed by atoms with Crippen molar-refractivity contribution in [2.75, 3.05) is 5.32 Å². The highest BCUT2D eigenvalue weighted by Crippen LogP contribution is 2.37. The summed E-state index contributed by atoms with van der Waals surface area (Å²) in [6.07, 6.45) is 10.6. The second kappa shape index (κ2) is 5.87. The smallest absolute Gasteiger partial charge is 0.319 e. The van der Waals surface area contributed by atoms with Crippen LogP contribution < -0.4 is 5.32 Å². The number of carbonyl (C=O) groups excluding carboxylic acids is 1. The SMILES string of the molecule is Cc1ccc(NC(=O)N2C3CCC2CC3)cc1-c1cnc2cccn2c1. The Morgan fingerprint density at radius 3 is 2.69 bits per heavy atom. The van der Waals surface area contributed by atoms with Gasteiger partial charge in [0.05, 0.1) is 0 Å². The lowest BCUT2D eigenvalue weighted by Gasteiger charge is -2.22. The fraction of sp³-hybridized carbons (Fsp3) is 0.333. The van der Waals surface area contributed by atoms with Gasteiger partial charge in [-0.25, -0.2) is 9.78 Å². The number of aromatic nitrogens is 2.